The molecule has 1 rings (SSSR count). The highest BCUT2D eigenvalue weighted by atomic mass is 32.2. The highest BCUT2D eigenvalue weighted by Crippen LogP contribution is 2.32. The molecule has 0 fully saturated rings. The number of Topliss-reactive ketones (excluding diaryl/α,β-unsaturated/α-hetero) is 1. The Labute approximate surface area is 89.7 Å². The summed E-state index contributed by atoms with van der Waals surface area (Å²) >= 11 is 1.21. The summed E-state index contributed by atoms with van der Waals surface area (Å²) in [6.07, 6.45) is -2.79. The van der Waals surface area contributed by atoms with Gasteiger partial charge >= 0.3 is 6.18 Å². The first-order chi connectivity index (χ1) is 6.96. The van der Waals surface area contributed by atoms with Crippen LogP contribution in [0.2, 0.25) is 0 Å². The Kier molecular flexibility index (Phi) is 3.79. The smallest absolute Gasteiger partial charge is 0.293 e. The molecule has 0 aliphatic carbocycles. The standard InChI is InChI=1S/C10H9F3OS/c1-15-6-9(14)7-4-2-3-5-8(7)10(11,12)13/h2-5H,6H2,1H3. The van der Waals surface area contributed by atoms with Gasteiger partial charge in [-0.1, -0.05) is 18.2 Å². The second-order valence-electron chi connectivity index (χ2n) is 2.90. The van der Waals surface area contributed by atoms with Crippen LogP contribution in [-0.4, -0.2) is 17.8 Å². The van der Waals surface area contributed by atoms with Gasteiger partial charge in [0.25, 0.3) is 0 Å². The van der Waals surface area contributed by atoms with Crippen molar-refractivity contribution in [1.29, 1.82) is 0 Å². The molecule has 0 aliphatic rings. The van der Waals surface area contributed by atoms with Gasteiger partial charge in [0.05, 0.1) is 11.3 Å². The fraction of sp³-hybridized carbons (Fsp3) is 0.300. The van der Waals surface area contributed by atoms with Crippen molar-refractivity contribution in [1.82, 2.24) is 0 Å². The minimum Gasteiger partial charge on any atom is -0.293 e. The monoisotopic (exact) mass is 234 g/mol. The molecule has 5 heteroatoms. The Bertz CT molecular complexity index is 360. The van der Waals surface area contributed by atoms with Crippen molar-refractivity contribution in [2.45, 2.75) is 6.18 Å². The van der Waals surface area contributed by atoms with E-state index in [1.807, 2.05) is 0 Å². The molecule has 0 saturated heterocycles. The SMILES string of the molecule is CSCC(=O)c1ccccc1C(F)(F)F. The molecule has 0 amide bonds. The van der Waals surface area contributed by atoms with Crippen molar-refractivity contribution in [2.75, 3.05) is 12.0 Å². The first-order valence-corrected chi connectivity index (χ1v) is 5.54. The summed E-state index contributed by atoms with van der Waals surface area (Å²) in [5.41, 5.74) is -1.11. The fourth-order valence-corrected chi connectivity index (χ4v) is 1.60. The van der Waals surface area contributed by atoms with E-state index in [9.17, 15) is 18.0 Å². The number of rotatable bonds is 3. The maximum Gasteiger partial charge on any atom is 0.417 e. The zero-order valence-corrected chi connectivity index (χ0v) is 8.78. The van der Waals surface area contributed by atoms with E-state index in [0.717, 1.165) is 6.07 Å². The lowest BCUT2D eigenvalue weighted by Gasteiger charge is -2.10. The summed E-state index contributed by atoms with van der Waals surface area (Å²) in [6.45, 7) is 0. The maximum absolute atomic E-state index is 12.5. The number of hydrogen-bond acceptors (Lipinski definition) is 2. The van der Waals surface area contributed by atoms with Crippen molar-refractivity contribution in [3.63, 3.8) is 0 Å². The molecule has 0 heterocycles. The van der Waals surface area contributed by atoms with Crippen molar-refractivity contribution in [2.24, 2.45) is 0 Å². The maximum atomic E-state index is 12.5. The van der Waals surface area contributed by atoms with Gasteiger partial charge in [0.2, 0.25) is 0 Å². The van der Waals surface area contributed by atoms with Crippen molar-refractivity contribution in [3.8, 4) is 0 Å². The van der Waals surface area contributed by atoms with Crippen LogP contribution in [0.15, 0.2) is 24.3 Å². The van der Waals surface area contributed by atoms with Crippen LogP contribution in [0.3, 0.4) is 0 Å². The Balaban J connectivity index is 3.12. The molecule has 0 aromatic heterocycles. The van der Waals surface area contributed by atoms with Crippen LogP contribution in [0.25, 0.3) is 0 Å². The summed E-state index contributed by atoms with van der Waals surface area (Å²) < 4.78 is 37.5. The largest absolute Gasteiger partial charge is 0.417 e. The minimum atomic E-state index is -4.47. The number of halogens is 3. The molecule has 1 aromatic carbocycles. The van der Waals surface area contributed by atoms with Gasteiger partial charge in [0.1, 0.15) is 0 Å². The first-order valence-electron chi connectivity index (χ1n) is 4.15. The predicted molar refractivity (Wildman–Crippen MR) is 54.2 cm³/mol. The number of alkyl halides is 3. The summed E-state index contributed by atoms with van der Waals surface area (Å²) in [5.74, 6) is -0.428. The van der Waals surface area contributed by atoms with Gasteiger partial charge in [0, 0.05) is 5.56 Å². The first kappa shape index (κ1) is 12.1. The van der Waals surface area contributed by atoms with Crippen molar-refractivity contribution < 1.29 is 18.0 Å². The van der Waals surface area contributed by atoms with Gasteiger partial charge in [-0.15, -0.1) is 0 Å². The number of ketones is 1. The number of thioether (sulfide) groups is 1. The second kappa shape index (κ2) is 4.70. The number of carbonyl (C=O) groups is 1. The number of carbonyl (C=O) groups excluding carboxylic acids is 1. The molecule has 0 atom stereocenters. The summed E-state index contributed by atoms with van der Waals surface area (Å²) in [6, 6.07) is 4.84. The fourth-order valence-electron chi connectivity index (χ4n) is 1.18. The third kappa shape index (κ3) is 2.99. The van der Waals surface area contributed by atoms with Gasteiger partial charge in [0.15, 0.2) is 5.78 Å². The zero-order valence-electron chi connectivity index (χ0n) is 7.97. The average Bonchev–Trinajstić information content (AvgIpc) is 2.17. The van der Waals surface area contributed by atoms with E-state index in [1.54, 1.807) is 6.26 Å². The quantitative estimate of drug-likeness (QED) is 0.747. The van der Waals surface area contributed by atoms with Crippen molar-refractivity contribution >= 4 is 17.5 Å². The minimum absolute atomic E-state index is 0.0626. The van der Waals surface area contributed by atoms with E-state index in [4.69, 9.17) is 0 Å². The average molecular weight is 234 g/mol. The summed E-state index contributed by atoms with van der Waals surface area (Å²) in [5, 5.41) is 0. The number of hydrogen-bond donors (Lipinski definition) is 0. The molecular formula is C10H9F3OS. The summed E-state index contributed by atoms with van der Waals surface area (Å²) in [7, 11) is 0. The van der Waals surface area contributed by atoms with Gasteiger partial charge in [-0.2, -0.15) is 24.9 Å². The van der Waals surface area contributed by atoms with Crippen LogP contribution in [0.1, 0.15) is 15.9 Å². The molecular weight excluding hydrogens is 225 g/mol. The Morgan fingerprint density at radius 2 is 1.93 bits per heavy atom. The van der Waals surface area contributed by atoms with Gasteiger partial charge in [-0.3, -0.25) is 4.79 Å². The third-order valence-corrected chi connectivity index (χ3v) is 2.36. The highest BCUT2D eigenvalue weighted by molar-refractivity contribution is 7.99. The van der Waals surface area contributed by atoms with Crippen LogP contribution in [-0.2, 0) is 6.18 Å². The normalized spacial score (nSPS) is 11.5. The lowest BCUT2D eigenvalue weighted by molar-refractivity contribution is -0.137. The van der Waals surface area contributed by atoms with Crippen molar-refractivity contribution in [3.05, 3.63) is 35.4 Å². The Hall–Kier alpha value is -0.970. The van der Waals surface area contributed by atoms with Gasteiger partial charge in [-0.25, -0.2) is 0 Å². The molecule has 1 nitrogen and oxygen atoms in total. The molecule has 0 spiro atoms. The van der Waals surface area contributed by atoms with E-state index in [0.29, 0.717) is 0 Å². The Morgan fingerprint density at radius 3 is 2.47 bits per heavy atom. The van der Waals surface area contributed by atoms with Crippen LogP contribution < -0.4 is 0 Å². The lowest BCUT2D eigenvalue weighted by atomic mass is 10.0. The molecule has 0 saturated carbocycles. The van der Waals surface area contributed by atoms with E-state index in [2.05, 4.69) is 0 Å². The van der Waals surface area contributed by atoms with Crippen LogP contribution >= 0.6 is 11.8 Å². The highest BCUT2D eigenvalue weighted by Gasteiger charge is 2.34. The molecule has 82 valence electrons. The lowest BCUT2D eigenvalue weighted by Crippen LogP contribution is -2.14. The van der Waals surface area contributed by atoms with E-state index in [-0.39, 0.29) is 11.3 Å². The number of benzene rings is 1. The zero-order chi connectivity index (χ0) is 11.5. The molecule has 0 unspecified atom stereocenters. The van der Waals surface area contributed by atoms with Crippen LogP contribution in [0, 0.1) is 0 Å². The predicted octanol–water partition coefficient (Wildman–Crippen LogP) is 3.25. The third-order valence-electron chi connectivity index (χ3n) is 1.81. The molecule has 0 N–H and O–H groups in total. The molecule has 0 aliphatic heterocycles. The van der Waals surface area contributed by atoms with Gasteiger partial charge < -0.3 is 0 Å². The molecule has 15 heavy (non-hydrogen) atoms. The van der Waals surface area contributed by atoms with E-state index in [1.165, 1.54) is 30.0 Å². The van der Waals surface area contributed by atoms with E-state index < -0.39 is 17.5 Å². The van der Waals surface area contributed by atoms with Gasteiger partial charge in [-0.05, 0) is 12.3 Å². The summed E-state index contributed by atoms with van der Waals surface area (Å²) in [4.78, 5) is 11.4. The second-order valence-corrected chi connectivity index (χ2v) is 3.77. The molecule has 0 bridgehead atoms. The topological polar surface area (TPSA) is 17.1 Å². The molecule has 1 aromatic rings. The Morgan fingerprint density at radius 1 is 1.33 bits per heavy atom. The van der Waals surface area contributed by atoms with Crippen LogP contribution in [0.5, 0.6) is 0 Å². The van der Waals surface area contributed by atoms with E-state index >= 15 is 0 Å². The molecule has 0 radical (unpaired) electrons. The van der Waals surface area contributed by atoms with Crippen LogP contribution in [0.4, 0.5) is 13.2 Å².